The molecular formula is C44H50N8O6. The molecule has 3 aromatic carbocycles. The van der Waals surface area contributed by atoms with Crippen LogP contribution < -0.4 is 0 Å². The van der Waals surface area contributed by atoms with Gasteiger partial charge in [-0.3, -0.25) is 19.4 Å². The molecule has 2 saturated heterocycles. The van der Waals surface area contributed by atoms with E-state index in [-0.39, 0.29) is 23.9 Å². The lowest BCUT2D eigenvalue weighted by Crippen LogP contribution is -2.43. The van der Waals surface area contributed by atoms with Crippen LogP contribution in [-0.2, 0) is 35.3 Å². The van der Waals surface area contributed by atoms with Gasteiger partial charge in [0.05, 0.1) is 23.5 Å². The normalized spacial score (nSPS) is 17.6. The molecule has 0 radical (unpaired) electrons. The first-order chi connectivity index (χ1) is 28.1. The SMILES string of the molecule is CN(C(=O)O)[C@@H](C(=O)N1CCC[C@H]1c1nc(CCc2ccc(CCc3c[nH]c([C@@H]4CCCN4C(=O)[C@@H](c4ccccc4)N(C)C(=O)O)n3)cc2)c[nH]1)c1ccccc1. The van der Waals surface area contributed by atoms with Gasteiger partial charge in [-0.05, 0) is 73.6 Å². The number of H-pyrrole nitrogens is 2. The lowest BCUT2D eigenvalue weighted by Gasteiger charge is -2.32. The monoisotopic (exact) mass is 786 g/mol. The van der Waals surface area contributed by atoms with Crippen molar-refractivity contribution in [2.24, 2.45) is 0 Å². The number of likely N-dealkylation sites (N-methyl/N-ethyl adjacent to an activating group) is 2. The van der Waals surface area contributed by atoms with Gasteiger partial charge in [0.2, 0.25) is 0 Å². The fourth-order valence-corrected chi connectivity index (χ4v) is 8.27. The second-order valence-electron chi connectivity index (χ2n) is 15.2. The highest BCUT2D eigenvalue weighted by atomic mass is 16.4. The Balaban J connectivity index is 0.924. The molecule has 58 heavy (non-hydrogen) atoms. The molecule has 4 atom stereocenters. The van der Waals surface area contributed by atoms with Crippen molar-refractivity contribution in [2.45, 2.75) is 75.5 Å². The second-order valence-corrected chi connectivity index (χ2v) is 15.2. The molecule has 7 rings (SSSR count). The quantitative estimate of drug-likeness (QED) is 0.0957. The molecule has 2 fully saturated rings. The lowest BCUT2D eigenvalue weighted by molar-refractivity contribution is -0.138. The van der Waals surface area contributed by atoms with Gasteiger partial charge in [-0.25, -0.2) is 19.6 Å². The zero-order valence-electron chi connectivity index (χ0n) is 32.8. The van der Waals surface area contributed by atoms with Gasteiger partial charge in [0, 0.05) is 39.6 Å². The summed E-state index contributed by atoms with van der Waals surface area (Å²) >= 11 is 0. The molecule has 5 aromatic rings. The Morgan fingerprint density at radius 3 is 1.36 bits per heavy atom. The van der Waals surface area contributed by atoms with Crippen LogP contribution in [-0.4, -0.2) is 101 Å². The van der Waals surface area contributed by atoms with Gasteiger partial charge < -0.3 is 30.0 Å². The number of aryl methyl sites for hydroxylation is 4. The zero-order chi connectivity index (χ0) is 40.8. The van der Waals surface area contributed by atoms with Crippen molar-refractivity contribution in [1.29, 1.82) is 0 Å². The van der Waals surface area contributed by atoms with Crippen molar-refractivity contribution >= 4 is 24.0 Å². The van der Waals surface area contributed by atoms with E-state index in [2.05, 4.69) is 34.2 Å². The number of hydrogen-bond acceptors (Lipinski definition) is 6. The standard InChI is InChI=1S/C44H50N8O6/c1-49(43(55)56)37(31-11-5-3-6-12-31)41(53)51-25-9-15-35(51)39-45-27-33(47-39)23-21-29-17-19-30(20-18-29)22-24-34-28-46-40(48-34)36-16-10-26-52(36)42(54)38(50(2)44(57)58)32-13-7-4-8-14-32/h3-8,11-14,17-20,27-28,35-38H,9-10,15-16,21-26H2,1-2H3,(H,45,47)(H,46,48)(H,55,56)(H,57,58)/t35-,36-,37+,38+/m0/s1. The van der Waals surface area contributed by atoms with Crippen molar-refractivity contribution in [3.05, 3.63) is 143 Å². The number of amides is 4. The Hall–Kier alpha value is -6.44. The van der Waals surface area contributed by atoms with Gasteiger partial charge in [-0.1, -0.05) is 84.9 Å². The maximum absolute atomic E-state index is 13.9. The highest BCUT2D eigenvalue weighted by Gasteiger charge is 2.40. The first-order valence-electron chi connectivity index (χ1n) is 19.9. The molecule has 0 aliphatic carbocycles. The van der Waals surface area contributed by atoms with Crippen LogP contribution >= 0.6 is 0 Å². The van der Waals surface area contributed by atoms with E-state index in [0.29, 0.717) is 24.2 Å². The molecule has 14 nitrogen and oxygen atoms in total. The summed E-state index contributed by atoms with van der Waals surface area (Å²) in [5, 5.41) is 19.5. The Morgan fingerprint density at radius 1 is 0.621 bits per heavy atom. The summed E-state index contributed by atoms with van der Waals surface area (Å²) in [7, 11) is 2.86. The van der Waals surface area contributed by atoms with Crippen molar-refractivity contribution in [1.82, 2.24) is 39.5 Å². The van der Waals surface area contributed by atoms with E-state index in [1.807, 2.05) is 48.8 Å². The molecule has 0 saturated carbocycles. The summed E-state index contributed by atoms with van der Waals surface area (Å²) in [4.78, 5) is 73.7. The van der Waals surface area contributed by atoms with Gasteiger partial charge in [-0.2, -0.15) is 0 Å². The van der Waals surface area contributed by atoms with E-state index in [1.165, 1.54) is 25.2 Å². The Bertz CT molecular complexity index is 2030. The number of nitrogens with zero attached hydrogens (tertiary/aromatic N) is 6. The molecular weight excluding hydrogens is 737 g/mol. The number of imidazole rings is 2. The summed E-state index contributed by atoms with van der Waals surface area (Å²) in [6, 6.07) is 24.2. The molecule has 0 spiro atoms. The Morgan fingerprint density at radius 2 is 1.00 bits per heavy atom. The number of likely N-dealkylation sites (tertiary alicyclic amines) is 2. The average Bonchev–Trinajstić information content (AvgIpc) is 4.08. The number of carbonyl (C=O) groups excluding carboxylic acids is 2. The van der Waals surface area contributed by atoms with Crippen LogP contribution in [0.15, 0.2) is 97.3 Å². The number of aromatic nitrogens is 4. The third kappa shape index (κ3) is 8.75. The predicted molar refractivity (Wildman–Crippen MR) is 216 cm³/mol. The Labute approximate surface area is 337 Å². The van der Waals surface area contributed by atoms with Crippen LogP contribution in [0.5, 0.6) is 0 Å². The van der Waals surface area contributed by atoms with Gasteiger partial charge >= 0.3 is 12.2 Å². The van der Waals surface area contributed by atoms with Crippen LogP contribution in [0.25, 0.3) is 0 Å². The van der Waals surface area contributed by atoms with Crippen LogP contribution in [0.3, 0.4) is 0 Å². The highest BCUT2D eigenvalue weighted by molar-refractivity contribution is 5.88. The largest absolute Gasteiger partial charge is 0.465 e. The van der Waals surface area contributed by atoms with Crippen LogP contribution in [0.4, 0.5) is 9.59 Å². The molecule has 4 amide bonds. The summed E-state index contributed by atoms with van der Waals surface area (Å²) < 4.78 is 0. The molecule has 0 unspecified atom stereocenters. The minimum absolute atomic E-state index is 0.253. The molecule has 2 aliphatic heterocycles. The topological polar surface area (TPSA) is 179 Å². The third-order valence-electron chi connectivity index (χ3n) is 11.4. The molecule has 4 N–H and O–H groups in total. The van der Waals surface area contributed by atoms with Crippen molar-refractivity contribution in [3.63, 3.8) is 0 Å². The first-order valence-corrected chi connectivity index (χ1v) is 19.9. The number of hydrogen-bond donors (Lipinski definition) is 4. The smallest absolute Gasteiger partial charge is 0.407 e. The van der Waals surface area contributed by atoms with Gasteiger partial charge in [0.1, 0.15) is 23.7 Å². The highest BCUT2D eigenvalue weighted by Crippen LogP contribution is 2.36. The molecule has 4 heterocycles. The molecule has 2 aromatic heterocycles. The maximum atomic E-state index is 13.9. The average molecular weight is 787 g/mol. The first kappa shape index (κ1) is 39.8. The number of nitrogens with one attached hydrogen (secondary N) is 2. The molecule has 2 aliphatic rings. The molecule has 0 bridgehead atoms. The van der Waals surface area contributed by atoms with E-state index >= 15 is 0 Å². The molecule has 302 valence electrons. The van der Waals surface area contributed by atoms with Crippen LogP contribution in [0.2, 0.25) is 0 Å². The van der Waals surface area contributed by atoms with E-state index in [1.54, 1.807) is 34.1 Å². The van der Waals surface area contributed by atoms with E-state index in [9.17, 15) is 29.4 Å². The maximum Gasteiger partial charge on any atom is 0.407 e. The number of aromatic amines is 2. The van der Waals surface area contributed by atoms with E-state index < -0.39 is 24.3 Å². The lowest BCUT2D eigenvalue weighted by atomic mass is 10.0. The summed E-state index contributed by atoms with van der Waals surface area (Å²) in [5.41, 5.74) is 5.44. The number of carbonyl (C=O) groups is 4. The second kappa shape index (κ2) is 17.8. The zero-order valence-corrected chi connectivity index (χ0v) is 32.8. The molecule has 14 heteroatoms. The fourth-order valence-electron chi connectivity index (χ4n) is 8.27. The minimum Gasteiger partial charge on any atom is -0.465 e. The number of rotatable bonds is 14. The minimum atomic E-state index is -1.16. The number of carboxylic acid groups (broad SMARTS) is 2. The third-order valence-corrected chi connectivity index (χ3v) is 11.4. The van der Waals surface area contributed by atoms with Crippen LogP contribution in [0.1, 0.15) is 95.1 Å². The van der Waals surface area contributed by atoms with Crippen LogP contribution in [0, 0.1) is 0 Å². The summed E-state index contributed by atoms with van der Waals surface area (Å²) in [6.45, 7) is 1.07. The summed E-state index contributed by atoms with van der Waals surface area (Å²) in [6.07, 6.45) is 7.62. The van der Waals surface area contributed by atoms with Gasteiger partial charge in [0.25, 0.3) is 11.8 Å². The predicted octanol–water partition coefficient (Wildman–Crippen LogP) is 6.73. The van der Waals surface area contributed by atoms with Gasteiger partial charge in [-0.15, -0.1) is 0 Å². The van der Waals surface area contributed by atoms with Crippen molar-refractivity contribution in [2.75, 3.05) is 27.2 Å². The van der Waals surface area contributed by atoms with E-state index in [4.69, 9.17) is 9.97 Å². The van der Waals surface area contributed by atoms with E-state index in [0.717, 1.165) is 84.2 Å². The Kier molecular flexibility index (Phi) is 12.2. The van der Waals surface area contributed by atoms with Crippen molar-refractivity contribution < 1.29 is 29.4 Å². The van der Waals surface area contributed by atoms with Gasteiger partial charge in [0.15, 0.2) is 0 Å². The number of benzene rings is 3. The van der Waals surface area contributed by atoms with Crippen molar-refractivity contribution in [3.8, 4) is 0 Å². The fraction of sp³-hybridized carbons (Fsp3) is 0.364. The summed E-state index contributed by atoms with van der Waals surface area (Å²) in [5.74, 6) is 0.933.